The van der Waals surface area contributed by atoms with E-state index in [1.807, 2.05) is 24.3 Å². The number of hydrogen-bond acceptors (Lipinski definition) is 10. The molecule has 0 aromatic heterocycles. The maximum Gasteiger partial charge on any atom is 0.472 e. The van der Waals surface area contributed by atoms with Crippen molar-refractivity contribution in [2.24, 2.45) is 5.73 Å². The SMILES string of the molecule is CCCCC/C=C\CC1OC1C/C=C\C/C=C\CCCC(=O)OC[C@H](COP(=O)(O)OC[C@H](N)C(=O)O)OC(=O)CCC/C=C\C/C=C\C/C=C\CCCCCCCC. The van der Waals surface area contributed by atoms with E-state index < -0.39 is 57.7 Å². The number of phosphoric ester groups is 1. The molecule has 59 heavy (non-hydrogen) atoms. The molecule has 13 heteroatoms. The standard InChI is InChI=1S/C46H76NO11P/c1-3-5-7-9-11-12-13-14-15-16-17-18-19-20-23-28-32-36-45(49)57-40(38-55-59(52,53)56-39-41(47)46(50)51)37-54-44(48)35-31-27-24-21-22-26-30-34-43-42(58-43)33-29-25-10-8-6-4-2/h14-15,17-18,20-21,23-26,29-30,40-43H,3-13,16,19,22,27-28,31-39,47H2,1-2H3,(H,50,51)(H,52,53)/b15-14-,18-17-,23-20-,24-21-,29-25-,30-26-/t40-,41+,42?,43?/m1/s1. The van der Waals surface area contributed by atoms with E-state index in [0.717, 1.165) is 44.9 Å². The van der Waals surface area contributed by atoms with Crippen molar-refractivity contribution in [3.63, 3.8) is 0 Å². The van der Waals surface area contributed by atoms with E-state index in [1.54, 1.807) is 0 Å². The molecule has 0 saturated carbocycles. The number of carbonyl (C=O) groups is 3. The van der Waals surface area contributed by atoms with Crippen LogP contribution in [-0.4, -0.2) is 72.1 Å². The van der Waals surface area contributed by atoms with Gasteiger partial charge in [-0.1, -0.05) is 132 Å². The van der Waals surface area contributed by atoms with Crippen LogP contribution in [0.25, 0.3) is 0 Å². The van der Waals surface area contributed by atoms with Crippen LogP contribution in [0.3, 0.4) is 0 Å². The highest BCUT2D eigenvalue weighted by Gasteiger charge is 2.36. The van der Waals surface area contributed by atoms with Crippen molar-refractivity contribution in [1.82, 2.24) is 0 Å². The molecule has 1 rings (SSSR count). The first-order valence-corrected chi connectivity index (χ1v) is 23.6. The van der Waals surface area contributed by atoms with E-state index >= 15 is 0 Å². The lowest BCUT2D eigenvalue weighted by Crippen LogP contribution is -2.34. The van der Waals surface area contributed by atoms with Gasteiger partial charge in [0.2, 0.25) is 0 Å². The zero-order chi connectivity index (χ0) is 43.2. The molecule has 5 atom stereocenters. The fourth-order valence-electron chi connectivity index (χ4n) is 5.70. The fourth-order valence-corrected chi connectivity index (χ4v) is 6.48. The van der Waals surface area contributed by atoms with Crippen molar-refractivity contribution in [1.29, 1.82) is 0 Å². The highest BCUT2D eigenvalue weighted by molar-refractivity contribution is 7.47. The van der Waals surface area contributed by atoms with Gasteiger partial charge in [-0.25, -0.2) is 4.57 Å². The quantitative estimate of drug-likeness (QED) is 0.0175. The second-order valence-electron chi connectivity index (χ2n) is 14.9. The molecule has 1 heterocycles. The Kier molecular flexibility index (Phi) is 33.5. The lowest BCUT2D eigenvalue weighted by Gasteiger charge is -2.20. The number of carboxylic acid groups (broad SMARTS) is 1. The molecule has 1 aliphatic heterocycles. The number of rotatable bonds is 39. The summed E-state index contributed by atoms with van der Waals surface area (Å²) in [5.41, 5.74) is 5.33. The van der Waals surface area contributed by atoms with Gasteiger partial charge in [-0.2, -0.15) is 0 Å². The minimum atomic E-state index is -4.75. The maximum absolute atomic E-state index is 12.6. The number of ether oxygens (including phenoxy) is 3. The van der Waals surface area contributed by atoms with E-state index in [4.69, 9.17) is 29.6 Å². The average Bonchev–Trinajstić information content (AvgIpc) is 3.97. The number of allylic oxidation sites excluding steroid dienone is 10. The maximum atomic E-state index is 12.6. The molecule has 4 N–H and O–H groups in total. The van der Waals surface area contributed by atoms with Crippen LogP contribution >= 0.6 is 7.82 Å². The Labute approximate surface area is 355 Å². The van der Waals surface area contributed by atoms with Gasteiger partial charge in [-0.15, -0.1) is 0 Å². The molecule has 0 amide bonds. The molecule has 0 aromatic rings. The van der Waals surface area contributed by atoms with Gasteiger partial charge in [0.25, 0.3) is 0 Å². The van der Waals surface area contributed by atoms with Crippen LogP contribution in [0.5, 0.6) is 0 Å². The van der Waals surface area contributed by atoms with Crippen molar-refractivity contribution in [2.75, 3.05) is 19.8 Å². The summed E-state index contributed by atoms with van der Waals surface area (Å²) in [6.45, 7) is 2.64. The Morgan fingerprint density at radius 1 is 0.610 bits per heavy atom. The molecule has 1 aliphatic rings. The second-order valence-corrected chi connectivity index (χ2v) is 16.3. The normalized spacial score (nSPS) is 17.8. The molecular formula is C46H76NO11P. The van der Waals surface area contributed by atoms with Crippen LogP contribution in [0.4, 0.5) is 0 Å². The average molecular weight is 850 g/mol. The number of hydrogen-bond donors (Lipinski definition) is 3. The van der Waals surface area contributed by atoms with Crippen molar-refractivity contribution in [2.45, 2.75) is 179 Å². The summed E-state index contributed by atoms with van der Waals surface area (Å²) in [6.07, 6.45) is 45.8. The van der Waals surface area contributed by atoms with Crippen LogP contribution in [0, 0.1) is 0 Å². The summed E-state index contributed by atoms with van der Waals surface area (Å²) in [7, 11) is -4.75. The smallest absolute Gasteiger partial charge is 0.472 e. The number of aliphatic carboxylic acids is 1. The Hall–Kier alpha value is -3.12. The largest absolute Gasteiger partial charge is 0.480 e. The first kappa shape index (κ1) is 53.9. The highest BCUT2D eigenvalue weighted by atomic mass is 31.2. The number of carbonyl (C=O) groups excluding carboxylic acids is 2. The van der Waals surface area contributed by atoms with Crippen LogP contribution in [0.2, 0.25) is 0 Å². The first-order valence-electron chi connectivity index (χ1n) is 22.1. The summed E-state index contributed by atoms with van der Waals surface area (Å²) in [4.78, 5) is 46.0. The Morgan fingerprint density at radius 3 is 1.64 bits per heavy atom. The zero-order valence-corrected chi connectivity index (χ0v) is 36.9. The van der Waals surface area contributed by atoms with Crippen LogP contribution in [0.15, 0.2) is 72.9 Å². The third kappa shape index (κ3) is 34.3. The molecule has 336 valence electrons. The van der Waals surface area contributed by atoms with Crippen molar-refractivity contribution in [3.05, 3.63) is 72.9 Å². The Morgan fingerprint density at radius 2 is 1.05 bits per heavy atom. The molecule has 0 aliphatic carbocycles. The molecule has 0 bridgehead atoms. The number of esters is 2. The molecule has 12 nitrogen and oxygen atoms in total. The number of epoxide rings is 1. The highest BCUT2D eigenvalue weighted by Crippen LogP contribution is 2.43. The monoisotopic (exact) mass is 850 g/mol. The summed E-state index contributed by atoms with van der Waals surface area (Å²) in [5.74, 6) is -2.53. The molecular weight excluding hydrogens is 773 g/mol. The topological polar surface area (TPSA) is 184 Å². The van der Waals surface area contributed by atoms with E-state index in [1.165, 1.54) is 57.8 Å². The van der Waals surface area contributed by atoms with Gasteiger partial charge in [-0.3, -0.25) is 23.4 Å². The molecule has 0 radical (unpaired) electrons. The Bertz CT molecular complexity index is 1340. The molecule has 3 unspecified atom stereocenters. The summed E-state index contributed by atoms with van der Waals surface area (Å²) < 4.78 is 38.3. The van der Waals surface area contributed by atoms with Crippen LogP contribution in [0.1, 0.15) is 155 Å². The third-order valence-corrected chi connectivity index (χ3v) is 10.3. The van der Waals surface area contributed by atoms with Gasteiger partial charge < -0.3 is 29.9 Å². The van der Waals surface area contributed by atoms with E-state index in [-0.39, 0.29) is 12.8 Å². The van der Waals surface area contributed by atoms with Crippen LogP contribution < -0.4 is 5.73 Å². The van der Waals surface area contributed by atoms with Gasteiger partial charge in [0, 0.05) is 12.8 Å². The Balaban J connectivity index is 2.37. The lowest BCUT2D eigenvalue weighted by molar-refractivity contribution is -0.161. The minimum absolute atomic E-state index is 0.0715. The van der Waals surface area contributed by atoms with Gasteiger partial charge >= 0.3 is 25.7 Å². The van der Waals surface area contributed by atoms with Gasteiger partial charge in [0.1, 0.15) is 12.6 Å². The van der Waals surface area contributed by atoms with Crippen LogP contribution in [-0.2, 0) is 42.2 Å². The number of phosphoric acid groups is 1. The fraction of sp³-hybridized carbons (Fsp3) is 0.674. The summed E-state index contributed by atoms with van der Waals surface area (Å²) in [5, 5.41) is 8.89. The van der Waals surface area contributed by atoms with Gasteiger partial charge in [-0.05, 0) is 83.5 Å². The molecule has 0 aromatic carbocycles. The summed E-state index contributed by atoms with van der Waals surface area (Å²) >= 11 is 0. The molecule has 1 fully saturated rings. The predicted molar refractivity (Wildman–Crippen MR) is 235 cm³/mol. The lowest BCUT2D eigenvalue weighted by atomic mass is 10.1. The molecule has 1 saturated heterocycles. The minimum Gasteiger partial charge on any atom is -0.480 e. The van der Waals surface area contributed by atoms with E-state index in [2.05, 4.69) is 67.0 Å². The van der Waals surface area contributed by atoms with Crippen molar-refractivity contribution >= 4 is 25.7 Å². The van der Waals surface area contributed by atoms with E-state index in [0.29, 0.717) is 37.9 Å². The van der Waals surface area contributed by atoms with Crippen molar-refractivity contribution in [3.8, 4) is 0 Å². The van der Waals surface area contributed by atoms with Crippen molar-refractivity contribution < 1.29 is 52.2 Å². The number of unbranched alkanes of at least 4 members (excludes halogenated alkanes) is 11. The summed E-state index contributed by atoms with van der Waals surface area (Å²) in [6, 6.07) is -1.54. The van der Waals surface area contributed by atoms with E-state index in [9.17, 15) is 23.8 Å². The van der Waals surface area contributed by atoms with Gasteiger partial charge in [0.15, 0.2) is 6.10 Å². The number of nitrogens with two attached hydrogens (primary N) is 1. The number of carboxylic acids is 1. The molecule has 0 spiro atoms. The predicted octanol–water partition coefficient (Wildman–Crippen LogP) is 10.7. The zero-order valence-electron chi connectivity index (χ0n) is 36.0. The first-order chi connectivity index (χ1) is 28.6. The third-order valence-electron chi connectivity index (χ3n) is 9.33. The van der Waals surface area contributed by atoms with Gasteiger partial charge in [0.05, 0.1) is 25.4 Å². The second kappa shape index (κ2) is 36.7.